The van der Waals surface area contributed by atoms with E-state index in [-0.39, 0.29) is 17.9 Å². The number of nitrogens with zero attached hydrogens (tertiary/aromatic N) is 1. The lowest BCUT2D eigenvalue weighted by Gasteiger charge is -2.20. The first kappa shape index (κ1) is 19.9. The average molecular weight is 490 g/mol. The van der Waals surface area contributed by atoms with E-state index in [1.807, 2.05) is 24.3 Å². The molecule has 0 aliphatic carbocycles. The molecule has 0 spiro atoms. The Labute approximate surface area is 174 Å². The highest BCUT2D eigenvalue weighted by Crippen LogP contribution is 2.27. The third-order valence-electron chi connectivity index (χ3n) is 4.22. The van der Waals surface area contributed by atoms with E-state index in [2.05, 4.69) is 27.9 Å². The van der Waals surface area contributed by atoms with Crippen molar-refractivity contribution in [1.29, 1.82) is 0 Å². The number of nitro benzene ring substituents is 1. The topological polar surface area (TPSA) is 72.2 Å². The van der Waals surface area contributed by atoms with Crippen LogP contribution in [0.2, 0.25) is 0 Å². The zero-order valence-electron chi connectivity index (χ0n) is 14.6. The van der Waals surface area contributed by atoms with Gasteiger partial charge in [0, 0.05) is 33.4 Å². The first-order chi connectivity index (χ1) is 13.4. The fraction of sp³-hybridized carbons (Fsp3) is 0.0952. The van der Waals surface area contributed by atoms with Gasteiger partial charge in [-0.15, -0.1) is 0 Å². The van der Waals surface area contributed by atoms with E-state index in [0.29, 0.717) is 11.1 Å². The van der Waals surface area contributed by atoms with Gasteiger partial charge in [0.2, 0.25) is 0 Å². The van der Waals surface area contributed by atoms with Crippen molar-refractivity contribution in [3.8, 4) is 0 Å². The van der Waals surface area contributed by atoms with Gasteiger partial charge in [0.25, 0.3) is 5.69 Å². The fourth-order valence-corrected chi connectivity index (χ4v) is 3.15. The fourth-order valence-electron chi connectivity index (χ4n) is 2.79. The van der Waals surface area contributed by atoms with Crippen molar-refractivity contribution in [3.63, 3.8) is 0 Å². The number of benzene rings is 3. The highest BCUT2D eigenvalue weighted by molar-refractivity contribution is 14.1. The van der Waals surface area contributed by atoms with Crippen molar-refractivity contribution in [1.82, 2.24) is 0 Å². The van der Waals surface area contributed by atoms with Gasteiger partial charge in [-0.25, -0.2) is 4.39 Å². The number of rotatable bonds is 7. The zero-order chi connectivity index (χ0) is 20.1. The molecule has 142 valence electrons. The molecule has 1 atom stereocenters. The minimum absolute atomic E-state index is 0.0406. The predicted molar refractivity (Wildman–Crippen MR) is 114 cm³/mol. The normalized spacial score (nSPS) is 11.6. The van der Waals surface area contributed by atoms with Crippen molar-refractivity contribution in [2.45, 2.75) is 12.5 Å². The quantitative estimate of drug-likeness (QED) is 0.198. The van der Waals surface area contributed by atoms with E-state index in [0.717, 1.165) is 9.26 Å². The summed E-state index contributed by atoms with van der Waals surface area (Å²) in [4.78, 5) is 23.4. The first-order valence-corrected chi connectivity index (χ1v) is 9.55. The Morgan fingerprint density at radius 1 is 1.07 bits per heavy atom. The Kier molecular flexibility index (Phi) is 6.35. The van der Waals surface area contributed by atoms with Gasteiger partial charge >= 0.3 is 0 Å². The Bertz CT molecular complexity index is 991. The molecule has 0 amide bonds. The number of anilines is 1. The van der Waals surface area contributed by atoms with Crippen molar-refractivity contribution < 1.29 is 14.1 Å². The number of carbonyl (C=O) groups excluding carboxylic acids is 1. The minimum Gasteiger partial charge on any atom is -0.378 e. The van der Waals surface area contributed by atoms with Gasteiger partial charge in [0.15, 0.2) is 5.78 Å². The molecule has 28 heavy (non-hydrogen) atoms. The Morgan fingerprint density at radius 2 is 1.75 bits per heavy atom. The highest BCUT2D eigenvalue weighted by Gasteiger charge is 2.19. The second kappa shape index (κ2) is 8.92. The summed E-state index contributed by atoms with van der Waals surface area (Å²) in [6.07, 6.45) is 0.0682. The number of ketones is 1. The average Bonchev–Trinajstić information content (AvgIpc) is 2.69. The molecule has 7 heteroatoms. The van der Waals surface area contributed by atoms with Crippen LogP contribution in [-0.4, -0.2) is 10.7 Å². The maximum atomic E-state index is 13.1. The monoisotopic (exact) mass is 490 g/mol. The van der Waals surface area contributed by atoms with Crippen LogP contribution >= 0.6 is 22.6 Å². The van der Waals surface area contributed by atoms with Crippen molar-refractivity contribution in [2.24, 2.45) is 0 Å². The number of Topliss-reactive ketones (excluding diaryl/α,β-unsaturated/α-hetero) is 1. The van der Waals surface area contributed by atoms with Crippen LogP contribution in [0.15, 0.2) is 72.8 Å². The second-order valence-electron chi connectivity index (χ2n) is 6.19. The smallest absolute Gasteiger partial charge is 0.269 e. The lowest BCUT2D eigenvalue weighted by Crippen LogP contribution is -2.16. The molecule has 0 radical (unpaired) electrons. The molecule has 1 unspecified atom stereocenters. The van der Waals surface area contributed by atoms with E-state index in [9.17, 15) is 19.3 Å². The van der Waals surface area contributed by atoms with E-state index in [4.69, 9.17) is 0 Å². The molecule has 0 fully saturated rings. The predicted octanol–water partition coefficient (Wildman–Crippen LogP) is 5.76. The van der Waals surface area contributed by atoms with Crippen molar-refractivity contribution in [3.05, 3.63) is 103 Å². The zero-order valence-corrected chi connectivity index (χ0v) is 16.8. The van der Waals surface area contributed by atoms with Crippen LogP contribution in [0.3, 0.4) is 0 Å². The molecule has 5 nitrogen and oxygen atoms in total. The summed E-state index contributed by atoms with van der Waals surface area (Å²) >= 11 is 2.20. The van der Waals surface area contributed by atoms with Gasteiger partial charge in [-0.1, -0.05) is 12.1 Å². The van der Waals surface area contributed by atoms with Crippen LogP contribution in [0, 0.1) is 19.5 Å². The molecule has 0 heterocycles. The van der Waals surface area contributed by atoms with Crippen LogP contribution in [0.25, 0.3) is 0 Å². The molecule has 0 bridgehead atoms. The highest BCUT2D eigenvalue weighted by atomic mass is 127. The third kappa shape index (κ3) is 5.13. The summed E-state index contributed by atoms with van der Waals surface area (Å²) < 4.78 is 14.2. The van der Waals surface area contributed by atoms with Gasteiger partial charge in [-0.2, -0.15) is 0 Å². The molecule has 3 aromatic rings. The lowest BCUT2D eigenvalue weighted by molar-refractivity contribution is -0.384. The maximum absolute atomic E-state index is 13.1. The SMILES string of the molecule is O=C(CC(Nc1ccc(I)cc1)c1cccc([N+](=O)[O-])c1)c1ccc(F)cc1. The number of nitrogens with one attached hydrogen (secondary N) is 1. The van der Waals surface area contributed by atoms with E-state index < -0.39 is 16.8 Å². The summed E-state index contributed by atoms with van der Waals surface area (Å²) in [5, 5.41) is 14.4. The summed E-state index contributed by atoms with van der Waals surface area (Å²) in [6.45, 7) is 0. The number of non-ortho nitro benzene ring substituents is 1. The van der Waals surface area contributed by atoms with E-state index in [1.54, 1.807) is 12.1 Å². The van der Waals surface area contributed by atoms with Crippen molar-refractivity contribution >= 4 is 39.7 Å². The molecule has 3 aromatic carbocycles. The Hall–Kier alpha value is -2.81. The standard InChI is InChI=1S/C21H16FIN2O3/c22-16-6-4-14(5-7-16)21(26)13-20(24-18-10-8-17(23)9-11-18)15-2-1-3-19(12-15)25(27)28/h1-12,20,24H,13H2. The van der Waals surface area contributed by atoms with Gasteiger partial charge in [0.1, 0.15) is 5.82 Å². The molecule has 3 rings (SSSR count). The molecule has 0 saturated heterocycles. The van der Waals surface area contributed by atoms with Crippen LogP contribution in [0.5, 0.6) is 0 Å². The van der Waals surface area contributed by atoms with Crippen LogP contribution in [-0.2, 0) is 0 Å². The number of hydrogen-bond donors (Lipinski definition) is 1. The largest absolute Gasteiger partial charge is 0.378 e. The lowest BCUT2D eigenvalue weighted by atomic mass is 9.97. The van der Waals surface area contributed by atoms with Gasteiger partial charge in [0.05, 0.1) is 11.0 Å². The molecule has 1 N–H and O–H groups in total. The summed E-state index contributed by atoms with van der Waals surface area (Å²) in [6, 6.07) is 18.7. The minimum atomic E-state index is -0.475. The maximum Gasteiger partial charge on any atom is 0.269 e. The van der Waals surface area contributed by atoms with Crippen LogP contribution in [0.4, 0.5) is 15.8 Å². The number of halogens is 2. The summed E-state index contributed by atoms with van der Waals surface area (Å²) in [5.41, 5.74) is 1.77. The van der Waals surface area contributed by atoms with Gasteiger partial charge < -0.3 is 5.32 Å². The molecular weight excluding hydrogens is 474 g/mol. The second-order valence-corrected chi connectivity index (χ2v) is 7.44. The van der Waals surface area contributed by atoms with E-state index in [1.165, 1.54) is 36.4 Å². The molecule has 0 aromatic heterocycles. The number of hydrogen-bond acceptors (Lipinski definition) is 4. The Morgan fingerprint density at radius 3 is 2.39 bits per heavy atom. The Balaban J connectivity index is 1.90. The van der Waals surface area contributed by atoms with Crippen LogP contribution < -0.4 is 5.32 Å². The number of nitro groups is 1. The first-order valence-electron chi connectivity index (χ1n) is 8.47. The molecule has 0 aliphatic rings. The van der Waals surface area contributed by atoms with E-state index >= 15 is 0 Å². The third-order valence-corrected chi connectivity index (χ3v) is 4.94. The van der Waals surface area contributed by atoms with Crippen molar-refractivity contribution in [2.75, 3.05) is 5.32 Å². The summed E-state index contributed by atoms with van der Waals surface area (Å²) in [5.74, 6) is -0.599. The number of carbonyl (C=O) groups is 1. The molecule has 0 aliphatic heterocycles. The molecular formula is C21H16FIN2O3. The molecule has 0 saturated carbocycles. The van der Waals surface area contributed by atoms with Gasteiger partial charge in [-0.05, 0) is 76.7 Å². The van der Waals surface area contributed by atoms with Gasteiger partial charge in [-0.3, -0.25) is 14.9 Å². The summed E-state index contributed by atoms with van der Waals surface area (Å²) in [7, 11) is 0. The van der Waals surface area contributed by atoms with Crippen LogP contribution in [0.1, 0.15) is 28.4 Å².